The zero-order valence-corrected chi connectivity index (χ0v) is 6.02. The van der Waals surface area contributed by atoms with Gasteiger partial charge in [0.2, 0.25) is 0 Å². The predicted octanol–water partition coefficient (Wildman–Crippen LogP) is 2.15. The Morgan fingerprint density at radius 3 is 1.83 bits per heavy atom. The van der Waals surface area contributed by atoms with E-state index in [4.69, 9.17) is 11.6 Å². The Labute approximate surface area is 54.1 Å². The molecule has 0 atom stereocenters. The highest BCUT2D eigenvalue weighted by molar-refractivity contribution is 8.02. The summed E-state index contributed by atoms with van der Waals surface area (Å²) in [6.45, 7) is 1.92. The summed E-state index contributed by atoms with van der Waals surface area (Å²) in [5.74, 6) is 0. The second kappa shape index (κ2) is 2.34. The molecule has 0 aliphatic heterocycles. The number of halogens is 1. The quantitative estimate of drug-likeness (QED) is 0.313. The molecule has 0 saturated heterocycles. The molecular formula is C3H7ClS2. The highest BCUT2D eigenvalue weighted by Gasteiger charge is 2.09. The van der Waals surface area contributed by atoms with Gasteiger partial charge in [0.05, 0.1) is 0 Å². The second-order valence-electron chi connectivity index (χ2n) is 1.07. The fraction of sp³-hybridized carbons (Fsp3) is 1.00. The van der Waals surface area contributed by atoms with E-state index in [1.165, 1.54) is 0 Å². The maximum absolute atomic E-state index is 5.45. The Kier molecular flexibility index (Phi) is 2.72. The van der Waals surface area contributed by atoms with E-state index in [9.17, 15) is 0 Å². The molecule has 0 nitrogen and oxygen atoms in total. The van der Waals surface area contributed by atoms with Gasteiger partial charge in [-0.05, 0) is 6.42 Å². The van der Waals surface area contributed by atoms with Crippen LogP contribution in [0.4, 0.5) is 0 Å². The predicted molar refractivity (Wildman–Crippen MR) is 36.8 cm³/mol. The molecule has 6 heavy (non-hydrogen) atoms. The molecule has 38 valence electrons. The lowest BCUT2D eigenvalue weighted by molar-refractivity contribution is 1.01. The number of hydrogen-bond acceptors (Lipinski definition) is 2. The summed E-state index contributed by atoms with van der Waals surface area (Å²) in [6.07, 6.45) is 0.765. The third kappa shape index (κ3) is 4.99. The summed E-state index contributed by atoms with van der Waals surface area (Å²) in [7, 11) is 0. The van der Waals surface area contributed by atoms with E-state index < -0.39 is 3.54 Å². The summed E-state index contributed by atoms with van der Waals surface area (Å²) >= 11 is 13.2. The van der Waals surface area contributed by atoms with Crippen molar-refractivity contribution in [2.24, 2.45) is 0 Å². The van der Waals surface area contributed by atoms with E-state index >= 15 is 0 Å². The van der Waals surface area contributed by atoms with Crippen molar-refractivity contribution in [2.75, 3.05) is 0 Å². The fourth-order valence-corrected chi connectivity index (χ4v) is 0. The Balaban J connectivity index is 3.17. The zero-order valence-electron chi connectivity index (χ0n) is 3.48. The SMILES string of the molecule is CCC(S)(S)Cl. The Morgan fingerprint density at radius 1 is 1.67 bits per heavy atom. The van der Waals surface area contributed by atoms with Gasteiger partial charge in [0.25, 0.3) is 0 Å². The van der Waals surface area contributed by atoms with Crippen LogP contribution in [0.15, 0.2) is 0 Å². The Morgan fingerprint density at radius 2 is 1.83 bits per heavy atom. The summed E-state index contributed by atoms with van der Waals surface area (Å²) in [6, 6.07) is 0. The first-order valence-corrected chi connectivity index (χ1v) is 2.97. The molecule has 0 fully saturated rings. The molecule has 0 bridgehead atoms. The lowest BCUT2D eigenvalue weighted by Crippen LogP contribution is -1.96. The van der Waals surface area contributed by atoms with Crippen molar-refractivity contribution in [3.05, 3.63) is 0 Å². The van der Waals surface area contributed by atoms with Gasteiger partial charge in [-0.25, -0.2) is 0 Å². The van der Waals surface area contributed by atoms with E-state index in [-0.39, 0.29) is 0 Å². The van der Waals surface area contributed by atoms with Crippen molar-refractivity contribution in [3.63, 3.8) is 0 Å². The molecule has 0 aliphatic carbocycles. The minimum atomic E-state index is -0.597. The van der Waals surface area contributed by atoms with Gasteiger partial charge in [0, 0.05) is 0 Å². The largest absolute Gasteiger partial charge is 0.146 e. The minimum absolute atomic E-state index is 0.597. The third-order valence-electron chi connectivity index (χ3n) is 0.450. The van der Waals surface area contributed by atoms with Crippen LogP contribution in [0.25, 0.3) is 0 Å². The number of thiol groups is 2. The van der Waals surface area contributed by atoms with E-state index in [2.05, 4.69) is 25.3 Å². The Hall–Kier alpha value is 0.990. The molecular weight excluding hydrogens is 136 g/mol. The van der Waals surface area contributed by atoms with Gasteiger partial charge in [-0.15, -0.1) is 25.3 Å². The first-order chi connectivity index (χ1) is 2.56. The number of rotatable bonds is 1. The Bertz CT molecular complexity index is 38.5. The zero-order chi connectivity index (χ0) is 5.21. The van der Waals surface area contributed by atoms with Crippen molar-refractivity contribution in [1.82, 2.24) is 0 Å². The molecule has 0 spiro atoms. The van der Waals surface area contributed by atoms with Gasteiger partial charge in [-0.3, -0.25) is 0 Å². The van der Waals surface area contributed by atoms with Crippen LogP contribution in [0.2, 0.25) is 0 Å². The highest BCUT2D eigenvalue weighted by Crippen LogP contribution is 2.27. The molecule has 0 aromatic heterocycles. The van der Waals surface area contributed by atoms with E-state index in [1.807, 2.05) is 6.92 Å². The smallest absolute Gasteiger partial charge is 0.129 e. The maximum atomic E-state index is 5.45. The van der Waals surface area contributed by atoms with E-state index in [0.29, 0.717) is 0 Å². The fourth-order valence-electron chi connectivity index (χ4n) is 0. The summed E-state index contributed by atoms with van der Waals surface area (Å²) < 4.78 is -0.597. The van der Waals surface area contributed by atoms with E-state index in [1.54, 1.807) is 0 Å². The molecule has 0 aromatic carbocycles. The van der Waals surface area contributed by atoms with E-state index in [0.717, 1.165) is 6.42 Å². The third-order valence-corrected chi connectivity index (χ3v) is 1.35. The normalized spacial score (nSPS) is 12.0. The average Bonchev–Trinajstić information content (AvgIpc) is 1.35. The van der Waals surface area contributed by atoms with Gasteiger partial charge in [-0.1, -0.05) is 18.5 Å². The molecule has 3 heteroatoms. The van der Waals surface area contributed by atoms with Gasteiger partial charge in [-0.2, -0.15) is 0 Å². The maximum Gasteiger partial charge on any atom is 0.129 e. The highest BCUT2D eigenvalue weighted by atomic mass is 35.5. The van der Waals surface area contributed by atoms with Crippen molar-refractivity contribution in [1.29, 1.82) is 0 Å². The van der Waals surface area contributed by atoms with Gasteiger partial charge >= 0.3 is 0 Å². The average molecular weight is 143 g/mol. The van der Waals surface area contributed by atoms with Crippen molar-refractivity contribution < 1.29 is 0 Å². The van der Waals surface area contributed by atoms with Crippen LogP contribution in [0.5, 0.6) is 0 Å². The molecule has 0 amide bonds. The molecule has 0 rings (SSSR count). The summed E-state index contributed by atoms with van der Waals surface area (Å²) in [5, 5.41) is 0. The molecule has 0 heterocycles. The molecule has 0 N–H and O–H groups in total. The number of alkyl halides is 1. The molecule has 0 saturated carbocycles. The monoisotopic (exact) mass is 142 g/mol. The van der Waals surface area contributed by atoms with Crippen LogP contribution in [0.1, 0.15) is 13.3 Å². The molecule has 0 aliphatic rings. The van der Waals surface area contributed by atoms with Crippen LogP contribution in [-0.2, 0) is 0 Å². The lowest BCUT2D eigenvalue weighted by atomic mass is 10.6. The summed E-state index contributed by atoms with van der Waals surface area (Å²) in [5.41, 5.74) is 0. The van der Waals surface area contributed by atoms with Crippen LogP contribution >= 0.6 is 36.9 Å². The second-order valence-corrected chi connectivity index (χ2v) is 4.12. The first-order valence-electron chi connectivity index (χ1n) is 1.70. The van der Waals surface area contributed by atoms with Gasteiger partial charge in [0.15, 0.2) is 0 Å². The standard InChI is InChI=1S/C3H7ClS2/c1-2-3(4,5)6/h5-6H,2H2,1H3. The molecule has 0 unspecified atom stereocenters. The van der Waals surface area contributed by atoms with Gasteiger partial charge < -0.3 is 0 Å². The van der Waals surface area contributed by atoms with Crippen molar-refractivity contribution >= 4 is 36.9 Å². The van der Waals surface area contributed by atoms with Crippen LogP contribution in [-0.4, -0.2) is 3.54 Å². The topological polar surface area (TPSA) is 0 Å². The first kappa shape index (κ1) is 6.99. The van der Waals surface area contributed by atoms with Gasteiger partial charge in [0.1, 0.15) is 3.54 Å². The lowest BCUT2D eigenvalue weighted by Gasteiger charge is -2.06. The van der Waals surface area contributed by atoms with Crippen molar-refractivity contribution in [2.45, 2.75) is 16.9 Å². The van der Waals surface area contributed by atoms with Crippen LogP contribution in [0.3, 0.4) is 0 Å². The summed E-state index contributed by atoms with van der Waals surface area (Å²) in [4.78, 5) is 0. The molecule has 0 aromatic rings. The van der Waals surface area contributed by atoms with Crippen molar-refractivity contribution in [3.8, 4) is 0 Å². The number of hydrogen-bond donors (Lipinski definition) is 2. The molecule has 0 radical (unpaired) electrons. The van der Waals surface area contributed by atoms with Crippen LogP contribution < -0.4 is 0 Å². The van der Waals surface area contributed by atoms with Crippen LogP contribution in [0, 0.1) is 0 Å². The minimum Gasteiger partial charge on any atom is -0.146 e.